The van der Waals surface area contributed by atoms with Gasteiger partial charge in [0.05, 0.1) is 19.8 Å². The van der Waals surface area contributed by atoms with Crippen molar-refractivity contribution in [1.82, 2.24) is 5.32 Å². The maximum atomic E-state index is 6.15. The lowest BCUT2D eigenvalue weighted by Gasteiger charge is -2.17. The quantitative estimate of drug-likeness (QED) is 0.709. The van der Waals surface area contributed by atoms with Crippen LogP contribution < -0.4 is 14.8 Å². The first-order valence-corrected chi connectivity index (χ1v) is 7.82. The molecule has 0 heterocycles. The van der Waals surface area contributed by atoms with E-state index in [1.165, 1.54) is 12.8 Å². The molecule has 0 aliphatic heterocycles. The van der Waals surface area contributed by atoms with Gasteiger partial charge in [-0.1, -0.05) is 11.6 Å². The Labute approximate surface area is 131 Å². The molecule has 0 unspecified atom stereocenters. The molecule has 0 bridgehead atoms. The van der Waals surface area contributed by atoms with Gasteiger partial charge in [-0.05, 0) is 32.8 Å². The van der Waals surface area contributed by atoms with E-state index >= 15 is 0 Å². The Bertz CT molecular complexity index is 461. The van der Waals surface area contributed by atoms with Crippen LogP contribution in [0.15, 0.2) is 12.1 Å². The van der Waals surface area contributed by atoms with Crippen LogP contribution in [0, 0.1) is 0 Å². The van der Waals surface area contributed by atoms with Gasteiger partial charge >= 0.3 is 0 Å². The normalized spacial score (nSPS) is 14.5. The Balaban J connectivity index is 2.02. The van der Waals surface area contributed by atoms with Gasteiger partial charge in [-0.25, -0.2) is 0 Å². The third kappa shape index (κ3) is 5.38. The molecule has 1 aromatic rings. The SMILES string of the molecule is COc1cc(Cl)cc(CNC2CC2)c1OCCOC(C)C. The average Bonchev–Trinajstić information content (AvgIpc) is 3.26. The van der Waals surface area contributed by atoms with Gasteiger partial charge in [0.15, 0.2) is 11.5 Å². The minimum absolute atomic E-state index is 0.205. The molecular formula is C16H24ClNO3. The van der Waals surface area contributed by atoms with Gasteiger partial charge in [-0.2, -0.15) is 0 Å². The lowest BCUT2D eigenvalue weighted by atomic mass is 10.2. The summed E-state index contributed by atoms with van der Waals surface area (Å²) in [5.41, 5.74) is 1.02. The van der Waals surface area contributed by atoms with E-state index in [0.29, 0.717) is 30.0 Å². The molecule has 0 aromatic heterocycles. The van der Waals surface area contributed by atoms with Crippen molar-refractivity contribution in [3.05, 3.63) is 22.7 Å². The summed E-state index contributed by atoms with van der Waals surface area (Å²) in [5, 5.41) is 4.13. The highest BCUT2D eigenvalue weighted by Gasteiger charge is 2.21. The number of nitrogens with one attached hydrogen (secondary N) is 1. The summed E-state index contributed by atoms with van der Waals surface area (Å²) in [4.78, 5) is 0. The topological polar surface area (TPSA) is 39.7 Å². The molecule has 0 spiro atoms. The molecule has 1 aliphatic rings. The second kappa shape index (κ2) is 7.87. The minimum atomic E-state index is 0.205. The number of hydrogen-bond donors (Lipinski definition) is 1. The molecule has 1 saturated carbocycles. The summed E-state index contributed by atoms with van der Waals surface area (Å²) < 4.78 is 16.8. The Morgan fingerprint density at radius 2 is 2.05 bits per heavy atom. The summed E-state index contributed by atoms with van der Waals surface area (Å²) in [6, 6.07) is 4.34. The van der Waals surface area contributed by atoms with Crippen molar-refractivity contribution >= 4 is 11.6 Å². The molecule has 1 N–H and O–H groups in total. The third-order valence-electron chi connectivity index (χ3n) is 3.26. The van der Waals surface area contributed by atoms with Crippen LogP contribution in [0.1, 0.15) is 32.3 Å². The fourth-order valence-corrected chi connectivity index (χ4v) is 2.27. The predicted octanol–water partition coefficient (Wildman–Crippen LogP) is 3.40. The Kier molecular flexibility index (Phi) is 6.15. The molecule has 4 nitrogen and oxygen atoms in total. The van der Waals surface area contributed by atoms with Gasteiger partial charge in [-0.3, -0.25) is 0 Å². The fraction of sp³-hybridized carbons (Fsp3) is 0.625. The van der Waals surface area contributed by atoms with E-state index in [4.69, 9.17) is 25.8 Å². The van der Waals surface area contributed by atoms with Gasteiger partial charge in [0.1, 0.15) is 6.61 Å². The van der Waals surface area contributed by atoms with E-state index in [-0.39, 0.29) is 6.10 Å². The predicted molar refractivity (Wildman–Crippen MR) is 84.4 cm³/mol. The van der Waals surface area contributed by atoms with Crippen LogP contribution in [0.2, 0.25) is 5.02 Å². The van der Waals surface area contributed by atoms with Crippen molar-refractivity contribution in [2.75, 3.05) is 20.3 Å². The van der Waals surface area contributed by atoms with Crippen molar-refractivity contribution < 1.29 is 14.2 Å². The first-order valence-electron chi connectivity index (χ1n) is 7.44. The van der Waals surface area contributed by atoms with E-state index in [1.807, 2.05) is 19.9 Å². The number of hydrogen-bond acceptors (Lipinski definition) is 4. The lowest BCUT2D eigenvalue weighted by molar-refractivity contribution is 0.0544. The molecule has 2 rings (SSSR count). The van der Waals surface area contributed by atoms with Crippen molar-refractivity contribution in [2.45, 2.75) is 45.4 Å². The third-order valence-corrected chi connectivity index (χ3v) is 3.47. The average molecular weight is 314 g/mol. The van der Waals surface area contributed by atoms with Crippen LogP contribution in [0.25, 0.3) is 0 Å². The number of halogens is 1. The number of ether oxygens (including phenoxy) is 3. The number of methoxy groups -OCH3 is 1. The smallest absolute Gasteiger partial charge is 0.165 e. The van der Waals surface area contributed by atoms with Crippen LogP contribution in [-0.2, 0) is 11.3 Å². The first-order chi connectivity index (χ1) is 10.1. The molecule has 1 aliphatic carbocycles. The number of rotatable bonds is 9. The molecule has 0 saturated heterocycles. The van der Waals surface area contributed by atoms with Crippen LogP contribution in [0.5, 0.6) is 11.5 Å². The lowest BCUT2D eigenvalue weighted by Crippen LogP contribution is -2.17. The summed E-state index contributed by atoms with van der Waals surface area (Å²) in [5.74, 6) is 1.42. The zero-order chi connectivity index (χ0) is 15.2. The van der Waals surface area contributed by atoms with Crippen molar-refractivity contribution in [1.29, 1.82) is 0 Å². The molecule has 0 atom stereocenters. The maximum Gasteiger partial charge on any atom is 0.165 e. The molecule has 1 aromatic carbocycles. The first kappa shape index (κ1) is 16.4. The van der Waals surface area contributed by atoms with Crippen molar-refractivity contribution in [2.24, 2.45) is 0 Å². The fourth-order valence-electron chi connectivity index (χ4n) is 2.04. The maximum absolute atomic E-state index is 6.15. The molecular weight excluding hydrogens is 290 g/mol. The summed E-state index contributed by atoms with van der Waals surface area (Å²) >= 11 is 6.15. The van der Waals surface area contributed by atoms with Crippen LogP contribution >= 0.6 is 11.6 Å². The van der Waals surface area contributed by atoms with Crippen LogP contribution in [-0.4, -0.2) is 32.5 Å². The standard InChI is InChI=1S/C16H24ClNO3/c1-11(2)20-6-7-21-16-12(10-18-14-4-5-14)8-13(17)9-15(16)19-3/h8-9,11,14,18H,4-7,10H2,1-3H3. The van der Waals surface area contributed by atoms with Gasteiger partial charge in [0, 0.05) is 29.2 Å². The molecule has 118 valence electrons. The highest BCUT2D eigenvalue weighted by molar-refractivity contribution is 6.30. The zero-order valence-electron chi connectivity index (χ0n) is 12.9. The van der Waals surface area contributed by atoms with Gasteiger partial charge < -0.3 is 19.5 Å². The summed E-state index contributed by atoms with van der Waals surface area (Å²) in [6.45, 7) is 5.80. The van der Waals surface area contributed by atoms with Crippen LogP contribution in [0.3, 0.4) is 0 Å². The zero-order valence-corrected chi connectivity index (χ0v) is 13.7. The molecule has 0 radical (unpaired) electrons. The van der Waals surface area contributed by atoms with E-state index < -0.39 is 0 Å². The molecule has 0 amide bonds. The largest absolute Gasteiger partial charge is 0.493 e. The molecule has 5 heteroatoms. The van der Waals surface area contributed by atoms with Gasteiger partial charge in [0.25, 0.3) is 0 Å². The van der Waals surface area contributed by atoms with Gasteiger partial charge in [0.2, 0.25) is 0 Å². The Morgan fingerprint density at radius 3 is 2.67 bits per heavy atom. The monoisotopic (exact) mass is 313 g/mol. The minimum Gasteiger partial charge on any atom is -0.493 e. The van der Waals surface area contributed by atoms with Crippen molar-refractivity contribution in [3.63, 3.8) is 0 Å². The van der Waals surface area contributed by atoms with E-state index in [2.05, 4.69) is 5.32 Å². The second-order valence-corrected chi connectivity index (χ2v) is 5.96. The molecule has 21 heavy (non-hydrogen) atoms. The Morgan fingerprint density at radius 1 is 1.29 bits per heavy atom. The van der Waals surface area contributed by atoms with E-state index in [1.54, 1.807) is 13.2 Å². The second-order valence-electron chi connectivity index (χ2n) is 5.52. The van der Waals surface area contributed by atoms with E-state index in [9.17, 15) is 0 Å². The highest BCUT2D eigenvalue weighted by atomic mass is 35.5. The van der Waals surface area contributed by atoms with Crippen molar-refractivity contribution in [3.8, 4) is 11.5 Å². The molecule has 1 fully saturated rings. The summed E-state index contributed by atoms with van der Waals surface area (Å²) in [6.07, 6.45) is 2.70. The van der Waals surface area contributed by atoms with Crippen LogP contribution in [0.4, 0.5) is 0 Å². The van der Waals surface area contributed by atoms with E-state index in [0.717, 1.165) is 17.9 Å². The Hall–Kier alpha value is -0.970. The number of benzene rings is 1. The summed E-state index contributed by atoms with van der Waals surface area (Å²) in [7, 11) is 1.63. The highest BCUT2D eigenvalue weighted by Crippen LogP contribution is 2.35. The van der Waals surface area contributed by atoms with Gasteiger partial charge in [-0.15, -0.1) is 0 Å².